The lowest BCUT2D eigenvalue weighted by molar-refractivity contribution is -0.0316. The van der Waals surface area contributed by atoms with Gasteiger partial charge in [0.1, 0.15) is 11.8 Å². The molecular formula is C12H17N5O3. The lowest BCUT2D eigenvalue weighted by atomic mass is 9.86. The van der Waals surface area contributed by atoms with Gasteiger partial charge >= 0.3 is 0 Å². The van der Waals surface area contributed by atoms with E-state index in [2.05, 4.69) is 15.0 Å². The summed E-state index contributed by atoms with van der Waals surface area (Å²) in [6.07, 6.45) is 3.09. The molecule has 2 aromatic heterocycles. The number of hydrogen-bond acceptors (Lipinski definition) is 7. The monoisotopic (exact) mass is 279 g/mol. The molecular weight excluding hydrogens is 262 g/mol. The third kappa shape index (κ3) is 1.76. The van der Waals surface area contributed by atoms with Crippen molar-refractivity contribution in [2.24, 2.45) is 5.41 Å². The van der Waals surface area contributed by atoms with Crippen LogP contribution in [0.5, 0.6) is 0 Å². The van der Waals surface area contributed by atoms with Gasteiger partial charge in [0.2, 0.25) is 0 Å². The maximum absolute atomic E-state index is 10.1. The highest BCUT2D eigenvalue weighted by Gasteiger charge is 2.47. The van der Waals surface area contributed by atoms with Crippen molar-refractivity contribution in [3.63, 3.8) is 0 Å². The zero-order valence-electron chi connectivity index (χ0n) is 10.8. The van der Waals surface area contributed by atoms with Gasteiger partial charge < -0.3 is 25.6 Å². The minimum atomic E-state index is -0.875. The summed E-state index contributed by atoms with van der Waals surface area (Å²) >= 11 is 0. The number of nitrogens with zero attached hydrogens (tertiary/aromatic N) is 4. The van der Waals surface area contributed by atoms with Crippen LogP contribution in [0.15, 0.2) is 12.7 Å². The Kier molecular flexibility index (Phi) is 3.08. The molecule has 0 bridgehead atoms. The van der Waals surface area contributed by atoms with Crippen LogP contribution in [0.3, 0.4) is 0 Å². The van der Waals surface area contributed by atoms with Crippen molar-refractivity contribution >= 4 is 17.0 Å². The molecule has 0 saturated heterocycles. The standard InChI is InChI=1S/C12H17N5O3/c13-10-9-11(15-5-14-10)17(6-16-9)7-1-8(20)12(2-7,3-18)4-19/h5-8,18-20H,1-4H2,(H2,13,14,15)/t7-,8-/m0/s1. The number of aromatic nitrogens is 4. The number of fused-ring (bicyclic) bond motifs is 1. The first-order valence-electron chi connectivity index (χ1n) is 6.44. The highest BCUT2D eigenvalue weighted by molar-refractivity contribution is 5.81. The zero-order valence-corrected chi connectivity index (χ0v) is 10.8. The SMILES string of the molecule is Nc1ncnc2c1ncn2[C@H]1C[C@H](O)C(CO)(CO)C1. The van der Waals surface area contributed by atoms with Gasteiger partial charge in [0, 0.05) is 11.5 Å². The summed E-state index contributed by atoms with van der Waals surface area (Å²) in [4.78, 5) is 12.3. The average molecular weight is 279 g/mol. The van der Waals surface area contributed by atoms with E-state index in [1.165, 1.54) is 6.33 Å². The van der Waals surface area contributed by atoms with Crippen molar-refractivity contribution in [2.45, 2.75) is 25.0 Å². The van der Waals surface area contributed by atoms with Gasteiger partial charge in [-0.15, -0.1) is 0 Å². The number of nitrogens with two attached hydrogens (primary N) is 1. The molecule has 108 valence electrons. The minimum Gasteiger partial charge on any atom is -0.396 e. The molecule has 0 aromatic carbocycles. The molecule has 2 aromatic rings. The maximum Gasteiger partial charge on any atom is 0.165 e. The van der Waals surface area contributed by atoms with Crippen molar-refractivity contribution in [1.29, 1.82) is 0 Å². The van der Waals surface area contributed by atoms with Gasteiger partial charge in [-0.05, 0) is 12.8 Å². The second kappa shape index (κ2) is 4.65. The first kappa shape index (κ1) is 13.2. The molecule has 0 unspecified atom stereocenters. The Morgan fingerprint density at radius 3 is 2.70 bits per heavy atom. The summed E-state index contributed by atoms with van der Waals surface area (Å²) in [5, 5.41) is 29.1. The summed E-state index contributed by atoms with van der Waals surface area (Å²) in [7, 11) is 0. The third-order valence-electron chi connectivity index (χ3n) is 4.25. The Bertz CT molecular complexity index is 625. The van der Waals surface area contributed by atoms with Crippen molar-refractivity contribution in [2.75, 3.05) is 18.9 Å². The number of rotatable bonds is 3. The molecule has 2 atom stereocenters. The Balaban J connectivity index is 1.99. The van der Waals surface area contributed by atoms with Crippen LogP contribution in [0.4, 0.5) is 5.82 Å². The Hall–Kier alpha value is -1.77. The van der Waals surface area contributed by atoms with Crippen LogP contribution >= 0.6 is 0 Å². The molecule has 5 N–H and O–H groups in total. The van der Waals surface area contributed by atoms with Crippen molar-refractivity contribution in [3.8, 4) is 0 Å². The lowest BCUT2D eigenvalue weighted by Gasteiger charge is -2.27. The van der Waals surface area contributed by atoms with E-state index < -0.39 is 11.5 Å². The number of hydrogen-bond donors (Lipinski definition) is 4. The van der Waals surface area contributed by atoms with Crippen LogP contribution in [0, 0.1) is 5.41 Å². The van der Waals surface area contributed by atoms with E-state index in [0.29, 0.717) is 29.8 Å². The Morgan fingerprint density at radius 2 is 2.05 bits per heavy atom. The second-order valence-corrected chi connectivity index (χ2v) is 5.37. The molecule has 3 rings (SSSR count). The number of aliphatic hydroxyl groups excluding tert-OH is 3. The van der Waals surface area contributed by atoms with Crippen LogP contribution in [0.2, 0.25) is 0 Å². The summed E-state index contributed by atoms with van der Waals surface area (Å²) < 4.78 is 1.82. The van der Waals surface area contributed by atoms with Gasteiger partial charge in [0.15, 0.2) is 11.5 Å². The van der Waals surface area contributed by atoms with Crippen molar-refractivity contribution in [3.05, 3.63) is 12.7 Å². The fraction of sp³-hybridized carbons (Fsp3) is 0.583. The number of anilines is 1. The lowest BCUT2D eigenvalue weighted by Crippen LogP contribution is -2.37. The highest BCUT2D eigenvalue weighted by atomic mass is 16.3. The van der Waals surface area contributed by atoms with E-state index in [1.54, 1.807) is 6.33 Å². The van der Waals surface area contributed by atoms with Crippen molar-refractivity contribution in [1.82, 2.24) is 19.5 Å². The van der Waals surface area contributed by atoms with E-state index >= 15 is 0 Å². The second-order valence-electron chi connectivity index (χ2n) is 5.37. The maximum atomic E-state index is 10.1. The molecule has 8 nitrogen and oxygen atoms in total. The fourth-order valence-electron chi connectivity index (χ4n) is 2.94. The molecule has 0 radical (unpaired) electrons. The van der Waals surface area contributed by atoms with Crippen LogP contribution in [0.1, 0.15) is 18.9 Å². The first-order valence-corrected chi connectivity index (χ1v) is 6.44. The highest BCUT2D eigenvalue weighted by Crippen LogP contribution is 2.44. The first-order chi connectivity index (χ1) is 9.61. The molecule has 1 fully saturated rings. The summed E-state index contributed by atoms with van der Waals surface area (Å²) in [6.45, 7) is -0.518. The van der Waals surface area contributed by atoms with Gasteiger partial charge in [0.05, 0.1) is 25.6 Å². The number of imidazole rings is 1. The van der Waals surface area contributed by atoms with Gasteiger partial charge in [-0.2, -0.15) is 0 Å². The number of aliphatic hydroxyl groups is 3. The summed E-state index contributed by atoms with van der Waals surface area (Å²) in [5.41, 5.74) is 5.99. The third-order valence-corrected chi connectivity index (χ3v) is 4.25. The molecule has 0 aliphatic heterocycles. The summed E-state index contributed by atoms with van der Waals surface area (Å²) in [6, 6.07) is -0.0939. The van der Waals surface area contributed by atoms with E-state index in [1.807, 2.05) is 4.57 Å². The van der Waals surface area contributed by atoms with E-state index in [-0.39, 0.29) is 19.3 Å². The fourth-order valence-corrected chi connectivity index (χ4v) is 2.94. The molecule has 1 aliphatic rings. The molecule has 2 heterocycles. The van der Waals surface area contributed by atoms with E-state index in [4.69, 9.17) is 5.73 Å². The predicted octanol–water partition coefficient (Wildman–Crippen LogP) is -0.925. The van der Waals surface area contributed by atoms with Crippen LogP contribution in [0.25, 0.3) is 11.2 Å². The quantitative estimate of drug-likeness (QED) is 0.571. The Labute approximate surface area is 114 Å². The average Bonchev–Trinajstić information content (AvgIpc) is 3.01. The zero-order chi connectivity index (χ0) is 14.3. The largest absolute Gasteiger partial charge is 0.396 e. The molecule has 0 amide bonds. The normalized spacial score (nSPS) is 25.4. The van der Waals surface area contributed by atoms with Crippen LogP contribution < -0.4 is 5.73 Å². The minimum absolute atomic E-state index is 0.0939. The van der Waals surface area contributed by atoms with Gasteiger partial charge in [-0.1, -0.05) is 0 Å². The topological polar surface area (TPSA) is 130 Å². The number of nitrogen functional groups attached to an aromatic ring is 1. The predicted molar refractivity (Wildman–Crippen MR) is 70.6 cm³/mol. The Morgan fingerprint density at radius 1 is 1.30 bits per heavy atom. The van der Waals surface area contributed by atoms with Gasteiger partial charge in [-0.3, -0.25) is 0 Å². The van der Waals surface area contributed by atoms with Crippen LogP contribution in [-0.2, 0) is 0 Å². The molecule has 20 heavy (non-hydrogen) atoms. The molecule has 1 saturated carbocycles. The van der Waals surface area contributed by atoms with E-state index in [9.17, 15) is 15.3 Å². The molecule has 1 aliphatic carbocycles. The molecule has 8 heteroatoms. The van der Waals surface area contributed by atoms with Crippen molar-refractivity contribution < 1.29 is 15.3 Å². The smallest absolute Gasteiger partial charge is 0.165 e. The van der Waals surface area contributed by atoms with Gasteiger partial charge in [0.25, 0.3) is 0 Å². The summed E-state index contributed by atoms with van der Waals surface area (Å²) in [5.74, 6) is 0.308. The van der Waals surface area contributed by atoms with Gasteiger partial charge in [-0.25, -0.2) is 15.0 Å². The van der Waals surface area contributed by atoms with E-state index in [0.717, 1.165) is 0 Å². The van der Waals surface area contributed by atoms with Crippen LogP contribution in [-0.4, -0.2) is 54.2 Å². The molecule has 0 spiro atoms.